The van der Waals surface area contributed by atoms with Crippen LogP contribution in [0.25, 0.3) is 0 Å². The SMILES string of the molecule is CCCCCCCCNC(=O)c1cc(Cl)ccn1. The second-order valence-electron chi connectivity index (χ2n) is 4.38. The van der Waals surface area contributed by atoms with Gasteiger partial charge >= 0.3 is 0 Å². The summed E-state index contributed by atoms with van der Waals surface area (Å²) < 4.78 is 0. The number of carbonyl (C=O) groups is 1. The lowest BCUT2D eigenvalue weighted by Gasteiger charge is -2.04. The molecular formula is C14H21ClN2O. The molecule has 18 heavy (non-hydrogen) atoms. The summed E-state index contributed by atoms with van der Waals surface area (Å²) in [5, 5.41) is 3.39. The van der Waals surface area contributed by atoms with Crippen LogP contribution < -0.4 is 5.32 Å². The largest absolute Gasteiger partial charge is 0.351 e. The van der Waals surface area contributed by atoms with Crippen LogP contribution in [0.15, 0.2) is 18.3 Å². The van der Waals surface area contributed by atoms with E-state index in [4.69, 9.17) is 11.6 Å². The molecule has 0 aliphatic heterocycles. The summed E-state index contributed by atoms with van der Waals surface area (Å²) in [6.07, 6.45) is 8.84. The van der Waals surface area contributed by atoms with Crippen molar-refractivity contribution in [2.75, 3.05) is 6.54 Å². The second-order valence-corrected chi connectivity index (χ2v) is 4.82. The van der Waals surface area contributed by atoms with Gasteiger partial charge in [0.2, 0.25) is 0 Å². The van der Waals surface area contributed by atoms with Crippen LogP contribution in [0.2, 0.25) is 5.02 Å². The van der Waals surface area contributed by atoms with Gasteiger partial charge in [-0.15, -0.1) is 0 Å². The minimum Gasteiger partial charge on any atom is -0.351 e. The average Bonchev–Trinajstić information content (AvgIpc) is 2.37. The molecule has 0 saturated heterocycles. The van der Waals surface area contributed by atoms with Crippen LogP contribution in [-0.4, -0.2) is 17.4 Å². The number of nitrogens with one attached hydrogen (secondary N) is 1. The van der Waals surface area contributed by atoms with Gasteiger partial charge in [0.05, 0.1) is 0 Å². The standard InChI is InChI=1S/C14H21ClN2O/c1-2-3-4-5-6-7-9-17-14(18)13-11-12(15)8-10-16-13/h8,10-11H,2-7,9H2,1H3,(H,17,18). The van der Waals surface area contributed by atoms with E-state index in [1.54, 1.807) is 18.3 Å². The normalized spacial score (nSPS) is 10.3. The first-order valence-corrected chi connectivity index (χ1v) is 7.01. The number of halogens is 1. The smallest absolute Gasteiger partial charge is 0.269 e. The van der Waals surface area contributed by atoms with Crippen LogP contribution in [0.5, 0.6) is 0 Å². The molecule has 3 nitrogen and oxygen atoms in total. The highest BCUT2D eigenvalue weighted by atomic mass is 35.5. The molecule has 0 aromatic carbocycles. The Labute approximate surface area is 114 Å². The van der Waals surface area contributed by atoms with Gasteiger partial charge in [-0.1, -0.05) is 50.6 Å². The van der Waals surface area contributed by atoms with E-state index in [9.17, 15) is 4.79 Å². The van der Waals surface area contributed by atoms with Gasteiger partial charge in [-0.05, 0) is 18.6 Å². The first-order valence-electron chi connectivity index (χ1n) is 6.63. The molecule has 0 bridgehead atoms. The van der Waals surface area contributed by atoms with Gasteiger partial charge < -0.3 is 5.32 Å². The molecule has 0 fully saturated rings. The molecule has 0 radical (unpaired) electrons. The minimum absolute atomic E-state index is 0.147. The lowest BCUT2D eigenvalue weighted by Crippen LogP contribution is -2.25. The maximum Gasteiger partial charge on any atom is 0.269 e. The summed E-state index contributed by atoms with van der Waals surface area (Å²) in [7, 11) is 0. The van der Waals surface area contributed by atoms with E-state index >= 15 is 0 Å². The number of aromatic nitrogens is 1. The van der Waals surface area contributed by atoms with Crippen LogP contribution in [0.4, 0.5) is 0 Å². The molecule has 0 unspecified atom stereocenters. The summed E-state index contributed by atoms with van der Waals surface area (Å²) in [6.45, 7) is 2.91. The molecule has 1 rings (SSSR count). The van der Waals surface area contributed by atoms with E-state index in [-0.39, 0.29) is 5.91 Å². The second kappa shape index (κ2) is 8.92. The zero-order valence-corrected chi connectivity index (χ0v) is 11.7. The third-order valence-electron chi connectivity index (χ3n) is 2.77. The van der Waals surface area contributed by atoms with Gasteiger partial charge in [-0.2, -0.15) is 0 Å². The Bertz CT molecular complexity index is 369. The van der Waals surface area contributed by atoms with E-state index in [2.05, 4.69) is 17.2 Å². The monoisotopic (exact) mass is 268 g/mol. The number of hydrogen-bond acceptors (Lipinski definition) is 2. The number of hydrogen-bond donors (Lipinski definition) is 1. The molecule has 1 heterocycles. The van der Waals surface area contributed by atoms with Crippen molar-refractivity contribution in [3.05, 3.63) is 29.0 Å². The highest BCUT2D eigenvalue weighted by molar-refractivity contribution is 6.30. The van der Waals surface area contributed by atoms with Gasteiger partial charge in [0.15, 0.2) is 0 Å². The fourth-order valence-corrected chi connectivity index (χ4v) is 1.89. The predicted molar refractivity (Wildman–Crippen MR) is 75.0 cm³/mol. The van der Waals surface area contributed by atoms with Gasteiger partial charge in [0.25, 0.3) is 5.91 Å². The molecule has 1 aromatic heterocycles. The maximum atomic E-state index is 11.7. The van der Waals surface area contributed by atoms with Crippen molar-refractivity contribution < 1.29 is 4.79 Å². The molecule has 100 valence electrons. The van der Waals surface area contributed by atoms with Crippen LogP contribution in [-0.2, 0) is 0 Å². The molecule has 0 atom stereocenters. The van der Waals surface area contributed by atoms with E-state index in [1.807, 2.05) is 0 Å². The lowest BCUT2D eigenvalue weighted by atomic mass is 10.1. The topological polar surface area (TPSA) is 42.0 Å². The molecule has 1 aromatic rings. The van der Waals surface area contributed by atoms with Gasteiger partial charge in [0, 0.05) is 17.8 Å². The quantitative estimate of drug-likeness (QED) is 0.728. The summed E-state index contributed by atoms with van der Waals surface area (Å²) in [5.74, 6) is -0.147. The summed E-state index contributed by atoms with van der Waals surface area (Å²) >= 11 is 5.80. The van der Waals surface area contributed by atoms with Crippen molar-refractivity contribution in [3.8, 4) is 0 Å². The molecule has 0 aliphatic rings. The van der Waals surface area contributed by atoms with E-state index in [1.165, 1.54) is 32.1 Å². The van der Waals surface area contributed by atoms with Crippen LogP contribution in [0.1, 0.15) is 55.9 Å². The fourth-order valence-electron chi connectivity index (χ4n) is 1.73. The average molecular weight is 269 g/mol. The Balaban J connectivity index is 2.14. The summed E-state index contributed by atoms with van der Waals surface area (Å²) in [6, 6.07) is 3.24. The van der Waals surface area contributed by atoms with Gasteiger partial charge in [0.1, 0.15) is 5.69 Å². The molecule has 0 saturated carbocycles. The van der Waals surface area contributed by atoms with Crippen molar-refractivity contribution in [2.24, 2.45) is 0 Å². The van der Waals surface area contributed by atoms with E-state index < -0.39 is 0 Å². The number of amides is 1. The maximum absolute atomic E-state index is 11.7. The van der Waals surface area contributed by atoms with E-state index in [0.29, 0.717) is 17.3 Å². The Morgan fingerprint density at radius 1 is 1.28 bits per heavy atom. The number of unbranched alkanes of at least 4 members (excludes halogenated alkanes) is 5. The van der Waals surface area contributed by atoms with Gasteiger partial charge in [-0.3, -0.25) is 9.78 Å². The molecule has 0 aliphatic carbocycles. The third-order valence-corrected chi connectivity index (χ3v) is 3.01. The van der Waals surface area contributed by atoms with Crippen molar-refractivity contribution in [1.29, 1.82) is 0 Å². The molecular weight excluding hydrogens is 248 g/mol. The predicted octanol–water partition coefficient (Wildman–Crippen LogP) is 3.83. The summed E-state index contributed by atoms with van der Waals surface area (Å²) in [4.78, 5) is 15.7. The van der Waals surface area contributed by atoms with Crippen molar-refractivity contribution in [1.82, 2.24) is 10.3 Å². The first kappa shape index (κ1) is 15.0. The minimum atomic E-state index is -0.147. The Morgan fingerprint density at radius 3 is 2.72 bits per heavy atom. The van der Waals surface area contributed by atoms with E-state index in [0.717, 1.165) is 6.42 Å². The molecule has 4 heteroatoms. The van der Waals surface area contributed by atoms with Crippen molar-refractivity contribution >= 4 is 17.5 Å². The molecule has 0 spiro atoms. The number of rotatable bonds is 8. The lowest BCUT2D eigenvalue weighted by molar-refractivity contribution is 0.0948. The highest BCUT2D eigenvalue weighted by Crippen LogP contribution is 2.08. The fraction of sp³-hybridized carbons (Fsp3) is 0.571. The third kappa shape index (κ3) is 6.01. The Kier molecular flexibility index (Phi) is 7.42. The van der Waals surface area contributed by atoms with Crippen LogP contribution in [0.3, 0.4) is 0 Å². The highest BCUT2D eigenvalue weighted by Gasteiger charge is 2.06. The number of pyridine rings is 1. The van der Waals surface area contributed by atoms with Crippen LogP contribution >= 0.6 is 11.6 Å². The Morgan fingerprint density at radius 2 is 2.00 bits per heavy atom. The van der Waals surface area contributed by atoms with Crippen molar-refractivity contribution in [3.63, 3.8) is 0 Å². The van der Waals surface area contributed by atoms with Crippen LogP contribution in [0, 0.1) is 0 Å². The Hall–Kier alpha value is -1.09. The zero-order valence-electron chi connectivity index (χ0n) is 10.9. The molecule has 1 amide bonds. The summed E-state index contributed by atoms with van der Waals surface area (Å²) in [5.41, 5.74) is 0.383. The zero-order chi connectivity index (χ0) is 13.2. The van der Waals surface area contributed by atoms with Crippen molar-refractivity contribution in [2.45, 2.75) is 45.4 Å². The number of carbonyl (C=O) groups excluding carboxylic acids is 1. The molecule has 1 N–H and O–H groups in total. The van der Waals surface area contributed by atoms with Gasteiger partial charge in [-0.25, -0.2) is 0 Å². The first-order chi connectivity index (χ1) is 8.74. The number of nitrogens with zero attached hydrogens (tertiary/aromatic N) is 1.